The van der Waals surface area contributed by atoms with E-state index in [9.17, 15) is 24.0 Å². The van der Waals surface area contributed by atoms with Gasteiger partial charge in [0, 0.05) is 19.7 Å². The zero-order valence-electron chi connectivity index (χ0n) is 16.6. The number of aromatic nitrogens is 4. The average molecular weight is 427 g/mol. The SMILES string of the molecule is Cn1c(=O)c2c(ncn2CC(=O)OCC(=O)c2ccc3c(c2)NC(=O)CO3)n(C)c1=O. The van der Waals surface area contributed by atoms with E-state index in [2.05, 4.69) is 10.3 Å². The molecule has 1 N–H and O–H groups in total. The highest BCUT2D eigenvalue weighted by atomic mass is 16.5. The van der Waals surface area contributed by atoms with Crippen LogP contribution in [0.15, 0.2) is 34.1 Å². The second-order valence-electron chi connectivity index (χ2n) is 6.88. The molecule has 0 saturated carbocycles. The molecule has 12 nitrogen and oxygen atoms in total. The molecule has 1 aliphatic heterocycles. The summed E-state index contributed by atoms with van der Waals surface area (Å²) >= 11 is 0. The number of amides is 1. The topological polar surface area (TPSA) is 144 Å². The lowest BCUT2D eigenvalue weighted by molar-refractivity contribution is -0.143. The number of Topliss-reactive ketones (excluding diaryl/α,β-unsaturated/α-hetero) is 1. The molecule has 0 fully saturated rings. The molecule has 160 valence electrons. The number of ether oxygens (including phenoxy) is 2. The molecule has 2 aromatic heterocycles. The lowest BCUT2D eigenvalue weighted by Gasteiger charge is -2.18. The fraction of sp³-hybridized carbons (Fsp3) is 0.263. The average Bonchev–Trinajstić information content (AvgIpc) is 3.17. The standard InChI is InChI=1S/C19H17N5O7/c1-22-17-16(18(28)23(2)19(22)29)24(9-20-17)6-15(27)31-7-12(25)10-3-4-13-11(5-10)21-14(26)8-30-13/h3-5,9H,6-8H2,1-2H3,(H,21,26). The van der Waals surface area contributed by atoms with Gasteiger partial charge in [0.2, 0.25) is 0 Å². The maximum absolute atomic E-state index is 12.4. The largest absolute Gasteiger partial charge is 0.482 e. The van der Waals surface area contributed by atoms with Crippen LogP contribution in [0.1, 0.15) is 10.4 Å². The number of nitrogens with one attached hydrogen (secondary N) is 1. The number of ketones is 1. The minimum atomic E-state index is -0.766. The second-order valence-corrected chi connectivity index (χ2v) is 6.88. The quantitative estimate of drug-likeness (QED) is 0.411. The highest BCUT2D eigenvalue weighted by molar-refractivity contribution is 6.01. The van der Waals surface area contributed by atoms with E-state index >= 15 is 0 Å². The number of fused-ring (bicyclic) bond motifs is 2. The van der Waals surface area contributed by atoms with Gasteiger partial charge in [-0.3, -0.25) is 28.3 Å². The molecule has 0 aliphatic carbocycles. The van der Waals surface area contributed by atoms with Crippen molar-refractivity contribution >= 4 is 34.5 Å². The first-order valence-electron chi connectivity index (χ1n) is 9.12. The van der Waals surface area contributed by atoms with E-state index in [0.29, 0.717) is 11.4 Å². The van der Waals surface area contributed by atoms with E-state index in [1.165, 1.54) is 41.7 Å². The number of rotatable bonds is 5. The van der Waals surface area contributed by atoms with Gasteiger partial charge in [0.15, 0.2) is 30.2 Å². The van der Waals surface area contributed by atoms with Gasteiger partial charge >= 0.3 is 11.7 Å². The fourth-order valence-electron chi connectivity index (χ4n) is 3.19. The minimum Gasteiger partial charge on any atom is -0.482 e. The van der Waals surface area contributed by atoms with E-state index in [1.807, 2.05) is 0 Å². The molecule has 1 aliphatic rings. The van der Waals surface area contributed by atoms with Crippen molar-refractivity contribution in [3.05, 3.63) is 50.9 Å². The van der Waals surface area contributed by atoms with Gasteiger partial charge < -0.3 is 19.4 Å². The van der Waals surface area contributed by atoms with E-state index in [1.54, 1.807) is 6.07 Å². The summed E-state index contributed by atoms with van der Waals surface area (Å²) < 4.78 is 13.6. The smallest absolute Gasteiger partial charge is 0.332 e. The van der Waals surface area contributed by atoms with E-state index < -0.39 is 29.6 Å². The first kappa shape index (κ1) is 20.1. The summed E-state index contributed by atoms with van der Waals surface area (Å²) in [5.41, 5.74) is -0.344. The van der Waals surface area contributed by atoms with Crippen LogP contribution in [0.3, 0.4) is 0 Å². The number of imidazole rings is 1. The number of hydrogen-bond donors (Lipinski definition) is 1. The Morgan fingerprint density at radius 1 is 1.19 bits per heavy atom. The van der Waals surface area contributed by atoms with Gasteiger partial charge in [-0.25, -0.2) is 9.78 Å². The zero-order valence-corrected chi connectivity index (χ0v) is 16.6. The van der Waals surface area contributed by atoms with Crippen molar-refractivity contribution in [2.75, 3.05) is 18.5 Å². The van der Waals surface area contributed by atoms with Gasteiger partial charge in [-0.2, -0.15) is 0 Å². The van der Waals surface area contributed by atoms with Crippen molar-refractivity contribution in [3.63, 3.8) is 0 Å². The molecule has 1 amide bonds. The van der Waals surface area contributed by atoms with Crippen molar-refractivity contribution in [2.45, 2.75) is 6.54 Å². The first-order valence-corrected chi connectivity index (χ1v) is 9.12. The lowest BCUT2D eigenvalue weighted by Crippen LogP contribution is -2.37. The Morgan fingerprint density at radius 2 is 1.97 bits per heavy atom. The van der Waals surface area contributed by atoms with Crippen LogP contribution in [0.2, 0.25) is 0 Å². The Bertz CT molecular complexity index is 1360. The molecule has 0 bridgehead atoms. The van der Waals surface area contributed by atoms with Gasteiger partial charge in [0.05, 0.1) is 12.0 Å². The van der Waals surface area contributed by atoms with Crippen LogP contribution < -0.4 is 21.3 Å². The number of nitrogens with zero attached hydrogens (tertiary/aromatic N) is 4. The van der Waals surface area contributed by atoms with Crippen molar-refractivity contribution in [1.82, 2.24) is 18.7 Å². The highest BCUT2D eigenvalue weighted by Crippen LogP contribution is 2.28. The van der Waals surface area contributed by atoms with Crippen LogP contribution in [0.25, 0.3) is 11.2 Å². The monoisotopic (exact) mass is 427 g/mol. The maximum atomic E-state index is 12.4. The summed E-state index contributed by atoms with van der Waals surface area (Å²) in [7, 11) is 2.79. The number of carbonyl (C=O) groups excluding carboxylic acids is 3. The Hall–Kier alpha value is -4.22. The molecule has 0 radical (unpaired) electrons. The number of hydrogen-bond acceptors (Lipinski definition) is 8. The van der Waals surface area contributed by atoms with Crippen molar-refractivity contribution in [2.24, 2.45) is 14.1 Å². The Morgan fingerprint density at radius 3 is 2.74 bits per heavy atom. The molecular weight excluding hydrogens is 410 g/mol. The first-order chi connectivity index (χ1) is 14.8. The van der Waals surface area contributed by atoms with Gasteiger partial charge in [-0.15, -0.1) is 0 Å². The summed E-state index contributed by atoms with van der Waals surface area (Å²) in [6.07, 6.45) is 1.25. The Kier molecular flexibility index (Phi) is 4.89. The van der Waals surface area contributed by atoms with Crippen LogP contribution in [-0.2, 0) is 35.0 Å². The number of aryl methyl sites for hydroxylation is 1. The minimum absolute atomic E-state index is 0.0679. The highest BCUT2D eigenvalue weighted by Gasteiger charge is 2.20. The van der Waals surface area contributed by atoms with Gasteiger partial charge in [0.25, 0.3) is 11.5 Å². The molecule has 0 spiro atoms. The van der Waals surface area contributed by atoms with Crippen LogP contribution in [-0.4, -0.2) is 49.6 Å². The molecule has 0 atom stereocenters. The number of anilines is 1. The van der Waals surface area contributed by atoms with Crippen molar-refractivity contribution < 1.29 is 23.9 Å². The molecule has 4 rings (SSSR count). The van der Waals surface area contributed by atoms with Crippen LogP contribution in [0, 0.1) is 0 Å². The van der Waals surface area contributed by atoms with Crippen LogP contribution in [0.4, 0.5) is 5.69 Å². The predicted octanol–water partition coefficient (Wildman–Crippen LogP) is -0.809. The van der Waals surface area contributed by atoms with E-state index in [4.69, 9.17) is 9.47 Å². The van der Waals surface area contributed by atoms with Gasteiger partial charge in [-0.05, 0) is 18.2 Å². The molecule has 1 aromatic carbocycles. The van der Waals surface area contributed by atoms with Crippen LogP contribution in [0.5, 0.6) is 5.75 Å². The molecular formula is C19H17N5O7. The summed E-state index contributed by atoms with van der Waals surface area (Å²) in [4.78, 5) is 64.4. The number of esters is 1. The third-order valence-corrected chi connectivity index (χ3v) is 4.82. The maximum Gasteiger partial charge on any atom is 0.332 e. The number of carbonyl (C=O) groups is 3. The summed E-state index contributed by atoms with van der Waals surface area (Å²) in [5, 5.41) is 2.60. The van der Waals surface area contributed by atoms with Crippen LogP contribution >= 0.6 is 0 Å². The van der Waals surface area contributed by atoms with E-state index in [0.717, 1.165) is 4.57 Å². The predicted molar refractivity (Wildman–Crippen MR) is 106 cm³/mol. The van der Waals surface area contributed by atoms with E-state index in [-0.39, 0.29) is 35.8 Å². The number of benzene rings is 1. The zero-order chi connectivity index (χ0) is 22.3. The third-order valence-electron chi connectivity index (χ3n) is 4.82. The third kappa shape index (κ3) is 3.58. The summed E-state index contributed by atoms with van der Waals surface area (Å²) in [6.45, 7) is -1.00. The molecule has 31 heavy (non-hydrogen) atoms. The molecule has 0 saturated heterocycles. The van der Waals surface area contributed by atoms with Gasteiger partial charge in [0.1, 0.15) is 12.3 Å². The fourth-order valence-corrected chi connectivity index (χ4v) is 3.19. The Labute approximate surface area is 173 Å². The normalized spacial score (nSPS) is 12.8. The molecule has 3 heterocycles. The molecule has 12 heteroatoms. The molecule has 0 unspecified atom stereocenters. The summed E-state index contributed by atoms with van der Waals surface area (Å²) in [5.74, 6) is -1.14. The second kappa shape index (κ2) is 7.55. The lowest BCUT2D eigenvalue weighted by atomic mass is 10.1. The van der Waals surface area contributed by atoms with Gasteiger partial charge in [-0.1, -0.05) is 0 Å². The van der Waals surface area contributed by atoms with Crippen molar-refractivity contribution in [1.29, 1.82) is 0 Å². The molecule has 3 aromatic rings. The Balaban J connectivity index is 1.46. The summed E-state index contributed by atoms with van der Waals surface area (Å²) in [6, 6.07) is 4.48. The van der Waals surface area contributed by atoms with Crippen molar-refractivity contribution in [3.8, 4) is 5.75 Å².